The van der Waals surface area contributed by atoms with E-state index in [9.17, 15) is 0 Å². The molecule has 0 aromatic rings. The van der Waals surface area contributed by atoms with Gasteiger partial charge in [-0.05, 0) is 44.6 Å². The van der Waals surface area contributed by atoms with Crippen LogP contribution >= 0.6 is 0 Å². The Kier molecular flexibility index (Phi) is 7.59. The fourth-order valence-corrected chi connectivity index (χ4v) is 2.86. The average Bonchev–Trinajstić information content (AvgIpc) is 2.25. The minimum Gasteiger partial charge on any atom is -0.306 e. The van der Waals surface area contributed by atoms with Crippen molar-refractivity contribution in [2.75, 3.05) is 20.1 Å². The highest BCUT2D eigenvalue weighted by molar-refractivity contribution is 4.84. The Morgan fingerprint density at radius 1 is 0.882 bits per heavy atom. The van der Waals surface area contributed by atoms with Crippen LogP contribution in [0.4, 0.5) is 0 Å². The van der Waals surface area contributed by atoms with E-state index in [4.69, 9.17) is 0 Å². The molecule has 17 heavy (non-hydrogen) atoms. The Labute approximate surface area is 108 Å². The second kappa shape index (κ2) is 8.74. The quantitative estimate of drug-likeness (QED) is 0.561. The van der Waals surface area contributed by atoms with Crippen LogP contribution in [0.5, 0.6) is 0 Å². The van der Waals surface area contributed by atoms with E-state index in [0.29, 0.717) is 0 Å². The van der Waals surface area contributed by atoms with Crippen molar-refractivity contribution in [2.45, 2.75) is 58.8 Å². The van der Waals surface area contributed by atoms with Crippen LogP contribution in [0, 0.1) is 11.8 Å². The van der Waals surface area contributed by atoms with Crippen LogP contribution in [0.1, 0.15) is 58.8 Å². The van der Waals surface area contributed by atoms with Crippen molar-refractivity contribution in [3.63, 3.8) is 0 Å². The van der Waals surface area contributed by atoms with Gasteiger partial charge in [0.05, 0.1) is 0 Å². The third-order valence-electron chi connectivity index (χ3n) is 3.77. The Hall–Kier alpha value is -0.300. The van der Waals surface area contributed by atoms with E-state index in [-0.39, 0.29) is 0 Å². The van der Waals surface area contributed by atoms with Gasteiger partial charge in [-0.25, -0.2) is 0 Å². The molecule has 1 nitrogen and oxygen atoms in total. The van der Waals surface area contributed by atoms with Gasteiger partial charge in [-0.15, -0.1) is 0 Å². The molecule has 0 fully saturated rings. The summed E-state index contributed by atoms with van der Waals surface area (Å²) in [7, 11) is 2.28. The molecule has 0 N–H and O–H groups in total. The Morgan fingerprint density at radius 2 is 1.59 bits per heavy atom. The fraction of sp³-hybridized carbons (Fsp3) is 0.875. The molecular weight excluding hydrogens is 206 g/mol. The molecule has 1 heterocycles. The van der Waals surface area contributed by atoms with Crippen molar-refractivity contribution in [3.05, 3.63) is 12.2 Å². The number of rotatable bonds is 0. The lowest BCUT2D eigenvalue weighted by Gasteiger charge is -2.24. The van der Waals surface area contributed by atoms with E-state index in [1.54, 1.807) is 0 Å². The van der Waals surface area contributed by atoms with E-state index >= 15 is 0 Å². The number of nitrogens with zero attached hydrogens (tertiary/aromatic N) is 1. The summed E-state index contributed by atoms with van der Waals surface area (Å²) >= 11 is 0. The zero-order valence-electron chi connectivity index (χ0n) is 12.1. The largest absolute Gasteiger partial charge is 0.306 e. The zero-order chi connectivity index (χ0) is 12.5. The van der Waals surface area contributed by atoms with Gasteiger partial charge in [0, 0.05) is 13.1 Å². The smallest absolute Gasteiger partial charge is 0.000704 e. The summed E-state index contributed by atoms with van der Waals surface area (Å²) < 4.78 is 0. The molecule has 0 aliphatic carbocycles. The van der Waals surface area contributed by atoms with Gasteiger partial charge >= 0.3 is 0 Å². The van der Waals surface area contributed by atoms with Gasteiger partial charge in [-0.1, -0.05) is 45.3 Å². The van der Waals surface area contributed by atoms with E-state index in [2.05, 4.69) is 37.9 Å². The zero-order valence-corrected chi connectivity index (χ0v) is 12.1. The molecule has 0 amide bonds. The highest BCUT2D eigenvalue weighted by Crippen LogP contribution is 2.15. The molecule has 0 spiro atoms. The summed E-state index contributed by atoms with van der Waals surface area (Å²) in [6.45, 7) is 7.30. The lowest BCUT2D eigenvalue weighted by Crippen LogP contribution is -2.28. The van der Waals surface area contributed by atoms with Crippen LogP contribution in [0.2, 0.25) is 0 Å². The summed E-state index contributed by atoms with van der Waals surface area (Å²) in [5, 5.41) is 0. The number of allylic oxidation sites excluding steroid dienone is 2. The Balaban J connectivity index is 2.39. The maximum Gasteiger partial charge on any atom is 0.000704 e. The van der Waals surface area contributed by atoms with E-state index in [1.807, 2.05) is 0 Å². The predicted molar refractivity (Wildman–Crippen MR) is 77.3 cm³/mol. The van der Waals surface area contributed by atoms with Gasteiger partial charge in [-0.2, -0.15) is 0 Å². The van der Waals surface area contributed by atoms with Gasteiger partial charge < -0.3 is 4.90 Å². The fourth-order valence-electron chi connectivity index (χ4n) is 2.86. The summed E-state index contributed by atoms with van der Waals surface area (Å²) in [6.07, 6.45) is 14.4. The molecule has 0 aromatic heterocycles. The third kappa shape index (κ3) is 7.59. The summed E-state index contributed by atoms with van der Waals surface area (Å²) in [5.41, 5.74) is 0. The van der Waals surface area contributed by atoms with Crippen LogP contribution in [0.3, 0.4) is 0 Å². The molecule has 1 aliphatic rings. The molecule has 0 aromatic carbocycles. The van der Waals surface area contributed by atoms with Crippen molar-refractivity contribution < 1.29 is 0 Å². The second-order valence-corrected chi connectivity index (χ2v) is 6.13. The molecule has 0 bridgehead atoms. The summed E-state index contributed by atoms with van der Waals surface area (Å²) in [4.78, 5) is 2.52. The van der Waals surface area contributed by atoms with Crippen LogP contribution < -0.4 is 0 Å². The monoisotopic (exact) mass is 237 g/mol. The van der Waals surface area contributed by atoms with Crippen molar-refractivity contribution in [3.8, 4) is 0 Å². The third-order valence-corrected chi connectivity index (χ3v) is 3.77. The van der Waals surface area contributed by atoms with E-state index < -0.39 is 0 Å². The van der Waals surface area contributed by atoms with Gasteiger partial charge in [0.1, 0.15) is 0 Å². The molecule has 2 atom stereocenters. The van der Waals surface area contributed by atoms with Crippen molar-refractivity contribution in [1.82, 2.24) is 4.90 Å². The lowest BCUT2D eigenvalue weighted by molar-refractivity contribution is 0.243. The molecular formula is C16H31N. The molecule has 0 saturated heterocycles. The van der Waals surface area contributed by atoms with Crippen molar-refractivity contribution in [1.29, 1.82) is 0 Å². The SMILES string of the molecule is CC1C/C=C\CCCCCCC(C)CN(C)C1. The molecule has 1 heteroatoms. The summed E-state index contributed by atoms with van der Waals surface area (Å²) in [6, 6.07) is 0. The standard InChI is InChI=1S/C16H31N/c1-15-11-9-7-5-4-6-8-10-12-16(2)14-17(3)13-15/h7,9,15-16H,4-6,8,10-14H2,1-3H3/b9-7-. The van der Waals surface area contributed by atoms with Gasteiger partial charge in [0.2, 0.25) is 0 Å². The van der Waals surface area contributed by atoms with Crippen LogP contribution in [0.25, 0.3) is 0 Å². The van der Waals surface area contributed by atoms with Gasteiger partial charge in [0.25, 0.3) is 0 Å². The van der Waals surface area contributed by atoms with Crippen LogP contribution in [-0.4, -0.2) is 25.0 Å². The van der Waals surface area contributed by atoms with Gasteiger partial charge in [-0.3, -0.25) is 0 Å². The first-order valence-electron chi connectivity index (χ1n) is 7.52. The minimum atomic E-state index is 0.798. The molecule has 1 aliphatic heterocycles. The molecule has 100 valence electrons. The lowest BCUT2D eigenvalue weighted by atomic mass is 10.00. The molecule has 2 unspecified atom stereocenters. The Bertz CT molecular complexity index is 210. The highest BCUT2D eigenvalue weighted by atomic mass is 15.1. The average molecular weight is 237 g/mol. The van der Waals surface area contributed by atoms with Crippen molar-refractivity contribution in [2.24, 2.45) is 11.8 Å². The first-order chi connectivity index (χ1) is 8.18. The second-order valence-electron chi connectivity index (χ2n) is 6.13. The first kappa shape index (κ1) is 14.8. The summed E-state index contributed by atoms with van der Waals surface area (Å²) in [5.74, 6) is 1.66. The maximum atomic E-state index is 2.52. The predicted octanol–water partition coefficient (Wildman–Crippen LogP) is 4.49. The molecule has 0 saturated carbocycles. The van der Waals surface area contributed by atoms with E-state index in [0.717, 1.165) is 11.8 Å². The molecule has 1 rings (SSSR count). The van der Waals surface area contributed by atoms with Gasteiger partial charge in [0.15, 0.2) is 0 Å². The van der Waals surface area contributed by atoms with Crippen molar-refractivity contribution >= 4 is 0 Å². The maximum absolute atomic E-state index is 2.52. The van der Waals surface area contributed by atoms with E-state index in [1.165, 1.54) is 58.0 Å². The minimum absolute atomic E-state index is 0.798. The normalized spacial score (nSPS) is 32.9. The topological polar surface area (TPSA) is 3.24 Å². The van der Waals surface area contributed by atoms with Crippen LogP contribution in [-0.2, 0) is 0 Å². The first-order valence-corrected chi connectivity index (χ1v) is 7.52. The molecule has 0 radical (unpaired) electrons. The Morgan fingerprint density at radius 3 is 2.41 bits per heavy atom. The van der Waals surface area contributed by atoms with Crippen LogP contribution in [0.15, 0.2) is 12.2 Å². The highest BCUT2D eigenvalue weighted by Gasteiger charge is 2.09. The number of hydrogen-bond donors (Lipinski definition) is 0. The number of hydrogen-bond acceptors (Lipinski definition) is 1.